The van der Waals surface area contributed by atoms with E-state index in [1.807, 2.05) is 0 Å². The molecule has 0 bridgehead atoms. The molecule has 2 N–H and O–H groups in total. The molecular weight excluding hydrogens is 288 g/mol. The van der Waals surface area contributed by atoms with Crippen molar-refractivity contribution in [3.63, 3.8) is 0 Å². The Kier molecular flexibility index (Phi) is 5.61. The van der Waals surface area contributed by atoms with E-state index in [2.05, 4.69) is 11.9 Å². The van der Waals surface area contributed by atoms with Crippen LogP contribution in [0.15, 0.2) is 29.2 Å². The van der Waals surface area contributed by atoms with Crippen molar-refractivity contribution in [3.05, 3.63) is 24.3 Å². The van der Waals surface area contributed by atoms with Crippen LogP contribution in [-0.2, 0) is 10.0 Å². The third-order valence-corrected chi connectivity index (χ3v) is 4.99. The Labute approximate surface area is 127 Å². The summed E-state index contributed by atoms with van der Waals surface area (Å²) in [6.07, 6.45) is 6.56. The van der Waals surface area contributed by atoms with Gasteiger partial charge in [-0.2, -0.15) is 0 Å². The molecule has 0 aromatic heterocycles. The summed E-state index contributed by atoms with van der Waals surface area (Å²) in [5.41, 5.74) is 0. The smallest absolute Gasteiger partial charge is 0.238 e. The maximum Gasteiger partial charge on any atom is 0.238 e. The van der Waals surface area contributed by atoms with Gasteiger partial charge in [-0.1, -0.05) is 19.3 Å². The van der Waals surface area contributed by atoms with E-state index in [4.69, 9.17) is 9.88 Å². The first-order valence-electron chi connectivity index (χ1n) is 7.43. The number of primary sulfonamides is 1. The van der Waals surface area contributed by atoms with Gasteiger partial charge in [0.05, 0.1) is 4.90 Å². The number of benzene rings is 1. The number of ether oxygens (including phenoxy) is 1. The summed E-state index contributed by atoms with van der Waals surface area (Å²) >= 11 is 0. The van der Waals surface area contributed by atoms with Gasteiger partial charge in [-0.3, -0.25) is 0 Å². The van der Waals surface area contributed by atoms with Gasteiger partial charge in [-0.05, 0) is 44.2 Å². The Morgan fingerprint density at radius 2 is 1.81 bits per heavy atom. The minimum absolute atomic E-state index is 0.106. The number of hydrogen-bond acceptors (Lipinski definition) is 4. The molecule has 1 fully saturated rings. The second kappa shape index (κ2) is 7.24. The standard InChI is InChI=1S/C15H24N2O3S/c1-17(13-5-3-2-4-6-13)11-12-20-14-7-9-15(10-8-14)21(16,18)19/h7-10,13H,2-6,11-12H2,1H3,(H2,16,18,19). The molecule has 0 atom stereocenters. The van der Waals surface area contributed by atoms with Crippen molar-refractivity contribution in [2.45, 2.75) is 43.0 Å². The summed E-state index contributed by atoms with van der Waals surface area (Å²) in [4.78, 5) is 2.46. The Balaban J connectivity index is 1.78. The lowest BCUT2D eigenvalue weighted by Crippen LogP contribution is -2.36. The summed E-state index contributed by atoms with van der Waals surface area (Å²) in [6, 6.07) is 6.89. The van der Waals surface area contributed by atoms with Crippen molar-refractivity contribution in [1.29, 1.82) is 0 Å². The fourth-order valence-corrected chi connectivity index (χ4v) is 3.25. The lowest BCUT2D eigenvalue weighted by molar-refractivity contribution is 0.160. The van der Waals surface area contributed by atoms with Crippen LogP contribution in [0.1, 0.15) is 32.1 Å². The Bertz CT molecular complexity index is 537. The summed E-state index contributed by atoms with van der Waals surface area (Å²) in [5, 5.41) is 5.05. The summed E-state index contributed by atoms with van der Waals surface area (Å²) in [5.74, 6) is 0.666. The molecule has 0 aliphatic heterocycles. The zero-order valence-electron chi connectivity index (χ0n) is 12.5. The maximum atomic E-state index is 11.2. The van der Waals surface area contributed by atoms with Crippen molar-refractivity contribution in [2.24, 2.45) is 5.14 Å². The predicted octanol–water partition coefficient (Wildman–Crippen LogP) is 1.98. The largest absolute Gasteiger partial charge is 0.492 e. The van der Waals surface area contributed by atoms with Gasteiger partial charge in [-0.15, -0.1) is 0 Å². The molecule has 118 valence electrons. The summed E-state index contributed by atoms with van der Waals surface area (Å²) < 4.78 is 28.0. The molecule has 0 amide bonds. The maximum absolute atomic E-state index is 11.2. The Hall–Kier alpha value is -1.11. The normalized spacial score (nSPS) is 17.1. The molecule has 0 radical (unpaired) electrons. The van der Waals surface area contributed by atoms with Gasteiger partial charge in [0.1, 0.15) is 12.4 Å². The van der Waals surface area contributed by atoms with Crippen molar-refractivity contribution in [3.8, 4) is 5.75 Å². The average Bonchev–Trinajstić information content (AvgIpc) is 2.47. The van der Waals surface area contributed by atoms with Crippen LogP contribution in [0.2, 0.25) is 0 Å². The molecule has 0 heterocycles. The fraction of sp³-hybridized carbons (Fsp3) is 0.600. The van der Waals surface area contributed by atoms with Crippen molar-refractivity contribution in [2.75, 3.05) is 20.2 Å². The van der Waals surface area contributed by atoms with E-state index in [-0.39, 0.29) is 4.90 Å². The first-order valence-corrected chi connectivity index (χ1v) is 8.97. The number of sulfonamides is 1. The topological polar surface area (TPSA) is 72.6 Å². The minimum Gasteiger partial charge on any atom is -0.492 e. The third kappa shape index (κ3) is 4.98. The van der Waals surface area contributed by atoms with Gasteiger partial charge in [0.15, 0.2) is 0 Å². The highest BCUT2D eigenvalue weighted by Gasteiger charge is 2.17. The average molecular weight is 312 g/mol. The van der Waals surface area contributed by atoms with Gasteiger partial charge < -0.3 is 9.64 Å². The highest BCUT2D eigenvalue weighted by atomic mass is 32.2. The zero-order chi connectivity index (χ0) is 15.3. The van der Waals surface area contributed by atoms with Crippen LogP contribution < -0.4 is 9.88 Å². The van der Waals surface area contributed by atoms with Crippen LogP contribution >= 0.6 is 0 Å². The van der Waals surface area contributed by atoms with Crippen LogP contribution in [0.25, 0.3) is 0 Å². The Morgan fingerprint density at radius 3 is 2.38 bits per heavy atom. The van der Waals surface area contributed by atoms with E-state index in [0.717, 1.165) is 6.54 Å². The van der Waals surface area contributed by atoms with Gasteiger partial charge in [0, 0.05) is 12.6 Å². The molecule has 1 aromatic carbocycles. The third-order valence-electron chi connectivity index (χ3n) is 4.06. The molecule has 1 aliphatic rings. The molecule has 1 aromatic rings. The number of nitrogens with zero attached hydrogens (tertiary/aromatic N) is 1. The van der Waals surface area contributed by atoms with Crippen LogP contribution in [0.3, 0.4) is 0 Å². The van der Waals surface area contributed by atoms with Crippen LogP contribution in [-0.4, -0.2) is 39.6 Å². The summed E-state index contributed by atoms with van der Waals surface area (Å²) in [6.45, 7) is 1.48. The van der Waals surface area contributed by atoms with Crippen molar-refractivity contribution in [1.82, 2.24) is 4.90 Å². The minimum atomic E-state index is -3.63. The SMILES string of the molecule is CN(CCOc1ccc(S(N)(=O)=O)cc1)C1CCCCC1. The first kappa shape index (κ1) is 16.3. The van der Waals surface area contributed by atoms with E-state index in [9.17, 15) is 8.42 Å². The number of likely N-dealkylation sites (N-methyl/N-ethyl adjacent to an activating group) is 1. The van der Waals surface area contributed by atoms with Crippen LogP contribution in [0.5, 0.6) is 5.75 Å². The first-order chi connectivity index (χ1) is 9.97. The fourth-order valence-electron chi connectivity index (χ4n) is 2.74. The van der Waals surface area contributed by atoms with E-state index >= 15 is 0 Å². The number of nitrogens with two attached hydrogens (primary N) is 1. The lowest BCUT2D eigenvalue weighted by Gasteiger charge is -2.31. The highest BCUT2D eigenvalue weighted by molar-refractivity contribution is 7.89. The van der Waals surface area contributed by atoms with E-state index in [1.54, 1.807) is 12.1 Å². The van der Waals surface area contributed by atoms with Gasteiger partial charge in [0.2, 0.25) is 10.0 Å². The highest BCUT2D eigenvalue weighted by Crippen LogP contribution is 2.21. The lowest BCUT2D eigenvalue weighted by atomic mass is 9.94. The zero-order valence-corrected chi connectivity index (χ0v) is 13.3. The van der Waals surface area contributed by atoms with Gasteiger partial charge >= 0.3 is 0 Å². The molecule has 1 aliphatic carbocycles. The van der Waals surface area contributed by atoms with Gasteiger partial charge in [0.25, 0.3) is 0 Å². The number of rotatable bonds is 6. The van der Waals surface area contributed by atoms with Crippen LogP contribution in [0, 0.1) is 0 Å². The Morgan fingerprint density at radius 1 is 1.19 bits per heavy atom. The monoisotopic (exact) mass is 312 g/mol. The van der Waals surface area contributed by atoms with E-state index < -0.39 is 10.0 Å². The molecule has 5 nitrogen and oxygen atoms in total. The molecule has 0 unspecified atom stereocenters. The second-order valence-electron chi connectivity index (χ2n) is 5.64. The van der Waals surface area contributed by atoms with E-state index in [1.165, 1.54) is 44.2 Å². The molecule has 0 saturated heterocycles. The quantitative estimate of drug-likeness (QED) is 0.871. The van der Waals surface area contributed by atoms with Crippen molar-refractivity contribution < 1.29 is 13.2 Å². The summed E-state index contributed by atoms with van der Waals surface area (Å²) in [7, 11) is -1.49. The predicted molar refractivity (Wildman–Crippen MR) is 82.8 cm³/mol. The van der Waals surface area contributed by atoms with E-state index in [0.29, 0.717) is 18.4 Å². The molecule has 2 rings (SSSR count). The second-order valence-corrected chi connectivity index (χ2v) is 7.20. The number of hydrogen-bond donors (Lipinski definition) is 1. The van der Waals surface area contributed by atoms with Crippen molar-refractivity contribution >= 4 is 10.0 Å². The molecule has 6 heteroatoms. The van der Waals surface area contributed by atoms with Gasteiger partial charge in [-0.25, -0.2) is 13.6 Å². The molecule has 1 saturated carbocycles. The molecule has 0 spiro atoms. The molecular formula is C15H24N2O3S. The van der Waals surface area contributed by atoms with Crippen LogP contribution in [0.4, 0.5) is 0 Å². The molecule has 21 heavy (non-hydrogen) atoms.